The van der Waals surface area contributed by atoms with Crippen LogP contribution in [0.1, 0.15) is 13.3 Å². The quantitative estimate of drug-likeness (QED) is 0.728. The van der Waals surface area contributed by atoms with Gasteiger partial charge in [-0.2, -0.15) is 8.42 Å². The number of amides is 1. The Morgan fingerprint density at radius 2 is 1.87 bits per heavy atom. The van der Waals surface area contributed by atoms with Crippen LogP contribution in [0.3, 0.4) is 0 Å². The van der Waals surface area contributed by atoms with E-state index in [4.69, 9.17) is 9.29 Å². The second-order valence-corrected chi connectivity index (χ2v) is 7.79. The monoisotopic (exact) mass is 407 g/mol. The molecule has 1 aliphatic rings. The fourth-order valence-corrected chi connectivity index (χ4v) is 3.75. The van der Waals surface area contributed by atoms with Crippen LogP contribution in [0.25, 0.3) is 0 Å². The molecular weight excluding hydrogens is 394 g/mol. The zero-order valence-electron chi connectivity index (χ0n) is 12.0. The minimum Gasteiger partial charge on any atom is -0.480 e. The summed E-state index contributed by atoms with van der Waals surface area (Å²) in [6.07, 6.45) is -2.77. The lowest BCUT2D eigenvalue weighted by Gasteiger charge is -2.27. The predicted octanol–water partition coefficient (Wildman–Crippen LogP) is 1.75. The van der Waals surface area contributed by atoms with Gasteiger partial charge in [0.15, 0.2) is 0 Å². The summed E-state index contributed by atoms with van der Waals surface area (Å²) in [4.78, 5) is 23.1. The first-order chi connectivity index (χ1) is 10.6. The van der Waals surface area contributed by atoms with Gasteiger partial charge >= 0.3 is 12.1 Å². The number of rotatable bonds is 4. The molecule has 0 bridgehead atoms. The molecule has 1 heterocycles. The highest BCUT2D eigenvalue weighted by Gasteiger charge is 2.52. The van der Waals surface area contributed by atoms with Crippen molar-refractivity contribution < 1.29 is 32.4 Å². The summed E-state index contributed by atoms with van der Waals surface area (Å²) in [7, 11) is -4.12. The largest absolute Gasteiger partial charge is 0.480 e. The van der Waals surface area contributed by atoms with E-state index >= 15 is 0 Å². The summed E-state index contributed by atoms with van der Waals surface area (Å²) in [5.41, 5.74) is -1.73. The first-order valence-electron chi connectivity index (χ1n) is 6.49. The van der Waals surface area contributed by atoms with Crippen LogP contribution in [0.15, 0.2) is 33.6 Å². The van der Waals surface area contributed by atoms with Crippen molar-refractivity contribution in [3.63, 3.8) is 0 Å². The molecule has 1 saturated heterocycles. The molecule has 10 heteroatoms. The molecule has 2 N–H and O–H groups in total. The predicted molar refractivity (Wildman–Crippen MR) is 81.6 cm³/mol. The number of benzene rings is 1. The molecule has 0 aromatic heterocycles. The van der Waals surface area contributed by atoms with Crippen LogP contribution < -0.4 is 0 Å². The number of hydrogen-bond acceptors (Lipinski definition) is 5. The Balaban J connectivity index is 2.22. The number of hydrogen-bond donors (Lipinski definition) is 2. The summed E-state index contributed by atoms with van der Waals surface area (Å²) in [5, 5.41) is 18.4. The number of carboxylic acid groups (broad SMARTS) is 2. The van der Waals surface area contributed by atoms with Crippen molar-refractivity contribution in [1.82, 2.24) is 4.90 Å². The zero-order chi connectivity index (χ0) is 17.4. The summed E-state index contributed by atoms with van der Waals surface area (Å²) in [5.74, 6) is -1.35. The molecule has 126 valence electrons. The fraction of sp³-hybridized carbons (Fsp3) is 0.385. The molecule has 0 saturated carbocycles. The highest BCUT2D eigenvalue weighted by Crippen LogP contribution is 2.33. The first kappa shape index (κ1) is 17.7. The topological polar surface area (TPSA) is 121 Å². The number of carboxylic acids is 1. The maximum absolute atomic E-state index is 12.2. The molecule has 1 aromatic rings. The maximum Gasteiger partial charge on any atom is 0.408 e. The van der Waals surface area contributed by atoms with Gasteiger partial charge in [0, 0.05) is 10.9 Å². The average molecular weight is 408 g/mol. The van der Waals surface area contributed by atoms with Crippen LogP contribution in [0, 0.1) is 0 Å². The molecule has 2 atom stereocenters. The van der Waals surface area contributed by atoms with Crippen molar-refractivity contribution in [2.75, 3.05) is 6.54 Å². The molecule has 1 aromatic carbocycles. The van der Waals surface area contributed by atoms with Crippen LogP contribution in [-0.2, 0) is 19.1 Å². The third kappa shape index (κ3) is 3.48. The van der Waals surface area contributed by atoms with Gasteiger partial charge in [0.1, 0.15) is 5.54 Å². The van der Waals surface area contributed by atoms with Crippen LogP contribution in [0.5, 0.6) is 0 Å². The Kier molecular flexibility index (Phi) is 4.69. The lowest BCUT2D eigenvalue weighted by molar-refractivity contribution is -0.147. The van der Waals surface area contributed by atoms with E-state index in [1.165, 1.54) is 31.2 Å². The summed E-state index contributed by atoms with van der Waals surface area (Å²) < 4.78 is 30.1. The molecule has 0 spiro atoms. The minimum atomic E-state index is -4.12. The summed E-state index contributed by atoms with van der Waals surface area (Å²) in [6, 6.07) is 5.71. The van der Waals surface area contributed by atoms with Gasteiger partial charge < -0.3 is 10.2 Å². The van der Waals surface area contributed by atoms with Crippen molar-refractivity contribution in [3.05, 3.63) is 28.7 Å². The van der Waals surface area contributed by atoms with Gasteiger partial charge in [-0.25, -0.2) is 9.59 Å². The Morgan fingerprint density at radius 1 is 1.30 bits per heavy atom. The highest BCUT2D eigenvalue weighted by molar-refractivity contribution is 9.10. The van der Waals surface area contributed by atoms with Gasteiger partial charge in [-0.1, -0.05) is 15.9 Å². The van der Waals surface area contributed by atoms with Crippen molar-refractivity contribution >= 4 is 38.1 Å². The van der Waals surface area contributed by atoms with Crippen molar-refractivity contribution in [2.24, 2.45) is 0 Å². The molecule has 1 fully saturated rings. The van der Waals surface area contributed by atoms with Gasteiger partial charge in [0.2, 0.25) is 0 Å². The van der Waals surface area contributed by atoms with Gasteiger partial charge in [-0.3, -0.25) is 9.08 Å². The Bertz CT molecular complexity index is 733. The normalized spacial score (nSPS) is 24.6. The Labute approximate surface area is 140 Å². The molecule has 1 aliphatic heterocycles. The number of halogens is 1. The second kappa shape index (κ2) is 6.10. The maximum atomic E-state index is 12.2. The van der Waals surface area contributed by atoms with E-state index in [0.29, 0.717) is 9.37 Å². The van der Waals surface area contributed by atoms with Crippen LogP contribution in [0.4, 0.5) is 4.79 Å². The van der Waals surface area contributed by atoms with E-state index in [2.05, 4.69) is 15.9 Å². The van der Waals surface area contributed by atoms with Crippen LogP contribution in [0.2, 0.25) is 0 Å². The van der Waals surface area contributed by atoms with E-state index in [1.54, 1.807) is 0 Å². The van der Waals surface area contributed by atoms with E-state index in [9.17, 15) is 23.1 Å². The average Bonchev–Trinajstić information content (AvgIpc) is 2.77. The molecular formula is C13H14BrNO7S. The number of carbonyl (C=O) groups is 2. The SMILES string of the molecule is C[C@@]1(C(=O)O)C[C@H](OS(=O)(=O)c2ccc(Br)cc2)CN1C(=O)O. The standard InChI is InChI=1S/C13H14BrNO7S/c1-13(11(16)17)6-9(7-15(13)12(18)19)22-23(20,21)10-4-2-8(14)3-5-10/h2-5,9H,6-7H2,1H3,(H,16,17)(H,18,19)/t9-,13-/m0/s1. The molecule has 1 amide bonds. The highest BCUT2D eigenvalue weighted by atomic mass is 79.9. The van der Waals surface area contributed by atoms with E-state index in [1.807, 2.05) is 0 Å². The van der Waals surface area contributed by atoms with Crippen molar-refractivity contribution in [3.8, 4) is 0 Å². The van der Waals surface area contributed by atoms with Gasteiger partial charge in [-0.15, -0.1) is 0 Å². The Hall–Kier alpha value is -1.65. The minimum absolute atomic E-state index is 0.0912. The molecule has 8 nitrogen and oxygen atoms in total. The second-order valence-electron chi connectivity index (χ2n) is 5.30. The molecule has 0 radical (unpaired) electrons. The van der Waals surface area contributed by atoms with E-state index < -0.39 is 33.8 Å². The van der Waals surface area contributed by atoms with E-state index in [-0.39, 0.29) is 17.9 Å². The Morgan fingerprint density at radius 3 is 2.30 bits per heavy atom. The van der Waals surface area contributed by atoms with Crippen LogP contribution >= 0.6 is 15.9 Å². The lowest BCUT2D eigenvalue weighted by Crippen LogP contribution is -2.50. The van der Waals surface area contributed by atoms with Crippen molar-refractivity contribution in [2.45, 2.75) is 29.9 Å². The van der Waals surface area contributed by atoms with Crippen LogP contribution in [-0.4, -0.2) is 53.8 Å². The molecule has 0 unspecified atom stereocenters. The van der Waals surface area contributed by atoms with Gasteiger partial charge in [-0.05, 0) is 31.2 Å². The number of likely N-dealkylation sites (tertiary alicyclic amines) is 1. The lowest BCUT2D eigenvalue weighted by atomic mass is 9.99. The van der Waals surface area contributed by atoms with E-state index in [0.717, 1.165) is 0 Å². The van der Waals surface area contributed by atoms with Crippen molar-refractivity contribution in [1.29, 1.82) is 0 Å². The summed E-state index contributed by atoms with van der Waals surface area (Å²) >= 11 is 3.18. The van der Waals surface area contributed by atoms with Gasteiger partial charge in [0.25, 0.3) is 10.1 Å². The first-order valence-corrected chi connectivity index (χ1v) is 8.69. The molecule has 2 rings (SSSR count). The van der Waals surface area contributed by atoms with Gasteiger partial charge in [0.05, 0.1) is 17.5 Å². The number of aliphatic carboxylic acids is 1. The fourth-order valence-electron chi connectivity index (χ4n) is 2.42. The third-order valence-corrected chi connectivity index (χ3v) is 5.57. The molecule has 23 heavy (non-hydrogen) atoms. The zero-order valence-corrected chi connectivity index (χ0v) is 14.4. The smallest absolute Gasteiger partial charge is 0.408 e. The summed E-state index contributed by atoms with van der Waals surface area (Å²) in [6.45, 7) is 0.882. The molecule has 0 aliphatic carbocycles. The third-order valence-electron chi connectivity index (χ3n) is 3.66. The number of nitrogens with zero attached hydrogens (tertiary/aromatic N) is 1.